The summed E-state index contributed by atoms with van der Waals surface area (Å²) in [7, 11) is 1.39. The van der Waals surface area contributed by atoms with Gasteiger partial charge in [0.1, 0.15) is 12.1 Å². The van der Waals surface area contributed by atoms with E-state index in [0.717, 1.165) is 22.6 Å². The van der Waals surface area contributed by atoms with Crippen LogP contribution in [0.5, 0.6) is 0 Å². The topological polar surface area (TPSA) is 64.5 Å². The highest BCUT2D eigenvalue weighted by molar-refractivity contribution is 7.17. The molecule has 1 aliphatic rings. The summed E-state index contributed by atoms with van der Waals surface area (Å²) in [6.07, 6.45) is 1.70. The fraction of sp³-hybridized carbons (Fsp3) is 0.462. The van der Waals surface area contributed by atoms with Gasteiger partial charge in [0.2, 0.25) is 0 Å². The second-order valence-corrected chi connectivity index (χ2v) is 5.47. The van der Waals surface area contributed by atoms with Crippen molar-refractivity contribution in [3.63, 3.8) is 0 Å². The van der Waals surface area contributed by atoms with Gasteiger partial charge in [-0.1, -0.05) is 0 Å². The van der Waals surface area contributed by atoms with Gasteiger partial charge in [-0.3, -0.25) is 4.79 Å². The zero-order valence-electron chi connectivity index (χ0n) is 11.1. The molecule has 0 aromatic carbocycles. The van der Waals surface area contributed by atoms with Gasteiger partial charge in [-0.15, -0.1) is 11.3 Å². The summed E-state index contributed by atoms with van der Waals surface area (Å²) in [5.41, 5.74) is 0.955. The molecule has 3 heterocycles. The molecule has 2 aromatic heterocycles. The zero-order chi connectivity index (χ0) is 13.9. The predicted molar refractivity (Wildman–Crippen MR) is 76.0 cm³/mol. The monoisotopic (exact) mass is 293 g/mol. The van der Waals surface area contributed by atoms with Crippen LogP contribution in [0.2, 0.25) is 0 Å². The smallest absolute Gasteiger partial charge is 0.308 e. The van der Waals surface area contributed by atoms with E-state index in [-0.39, 0.29) is 18.5 Å². The Labute approximate surface area is 120 Å². The summed E-state index contributed by atoms with van der Waals surface area (Å²) in [5.74, 6) is 0.670. The van der Waals surface area contributed by atoms with Crippen molar-refractivity contribution in [2.24, 2.45) is 0 Å². The normalized spacial score (nSPS) is 19.2. The van der Waals surface area contributed by atoms with Crippen molar-refractivity contribution in [3.05, 3.63) is 17.8 Å². The summed E-state index contributed by atoms with van der Waals surface area (Å²) >= 11 is 1.63. The molecule has 1 unspecified atom stereocenters. The molecule has 7 heteroatoms. The summed E-state index contributed by atoms with van der Waals surface area (Å²) in [4.78, 5) is 22.1. The lowest BCUT2D eigenvalue weighted by atomic mass is 10.2. The van der Waals surface area contributed by atoms with E-state index in [0.29, 0.717) is 13.2 Å². The molecule has 1 fully saturated rings. The number of carbonyl (C=O) groups excluding carboxylic acids is 1. The largest absolute Gasteiger partial charge is 0.469 e. The molecule has 0 N–H and O–H groups in total. The Bertz CT molecular complexity index is 616. The maximum atomic E-state index is 11.3. The highest BCUT2D eigenvalue weighted by Crippen LogP contribution is 2.29. The Morgan fingerprint density at radius 2 is 2.50 bits per heavy atom. The average Bonchev–Trinajstić information content (AvgIpc) is 2.95. The van der Waals surface area contributed by atoms with Crippen LogP contribution in [0.3, 0.4) is 0 Å². The van der Waals surface area contributed by atoms with Crippen LogP contribution in [0.25, 0.3) is 10.2 Å². The second kappa shape index (κ2) is 5.72. The molecule has 2 aromatic rings. The van der Waals surface area contributed by atoms with Gasteiger partial charge in [0.25, 0.3) is 0 Å². The third kappa shape index (κ3) is 2.59. The van der Waals surface area contributed by atoms with Crippen molar-refractivity contribution < 1.29 is 14.3 Å². The van der Waals surface area contributed by atoms with E-state index in [9.17, 15) is 4.79 Å². The Morgan fingerprint density at radius 1 is 1.60 bits per heavy atom. The van der Waals surface area contributed by atoms with Crippen molar-refractivity contribution in [2.45, 2.75) is 12.5 Å². The fourth-order valence-electron chi connectivity index (χ4n) is 2.31. The van der Waals surface area contributed by atoms with Crippen molar-refractivity contribution in [3.8, 4) is 0 Å². The molecule has 0 radical (unpaired) electrons. The van der Waals surface area contributed by atoms with Gasteiger partial charge >= 0.3 is 5.97 Å². The third-order valence-corrected chi connectivity index (χ3v) is 4.18. The first-order chi connectivity index (χ1) is 9.78. The number of anilines is 1. The molecule has 0 saturated carbocycles. The van der Waals surface area contributed by atoms with Crippen LogP contribution in [-0.4, -0.2) is 48.8 Å². The Morgan fingerprint density at radius 3 is 3.35 bits per heavy atom. The molecular formula is C13H15N3O3S. The number of thiophene rings is 1. The van der Waals surface area contributed by atoms with E-state index < -0.39 is 0 Å². The third-order valence-electron chi connectivity index (χ3n) is 3.28. The van der Waals surface area contributed by atoms with Gasteiger partial charge in [-0.2, -0.15) is 0 Å². The number of ether oxygens (including phenoxy) is 2. The Hall–Kier alpha value is -1.73. The number of hydrogen-bond acceptors (Lipinski definition) is 7. The first-order valence-electron chi connectivity index (χ1n) is 6.39. The van der Waals surface area contributed by atoms with Gasteiger partial charge in [-0.25, -0.2) is 9.97 Å². The SMILES string of the molecule is COC(=O)CC1CN(c2ncnc3ccsc23)CCO1. The van der Waals surface area contributed by atoms with Crippen molar-refractivity contribution in [1.82, 2.24) is 9.97 Å². The van der Waals surface area contributed by atoms with Crippen LogP contribution >= 0.6 is 11.3 Å². The molecule has 6 nitrogen and oxygen atoms in total. The number of rotatable bonds is 3. The molecule has 20 heavy (non-hydrogen) atoms. The van der Waals surface area contributed by atoms with Crippen LogP contribution in [0.1, 0.15) is 6.42 Å². The van der Waals surface area contributed by atoms with E-state index >= 15 is 0 Å². The number of nitrogens with zero attached hydrogens (tertiary/aromatic N) is 3. The van der Waals surface area contributed by atoms with Crippen LogP contribution in [-0.2, 0) is 14.3 Å². The minimum Gasteiger partial charge on any atom is -0.469 e. The lowest BCUT2D eigenvalue weighted by Gasteiger charge is -2.33. The molecule has 106 valence electrons. The number of hydrogen-bond donors (Lipinski definition) is 0. The minimum atomic E-state index is -0.249. The molecule has 1 saturated heterocycles. The van der Waals surface area contributed by atoms with E-state index in [1.54, 1.807) is 17.7 Å². The van der Waals surface area contributed by atoms with E-state index in [4.69, 9.17) is 9.47 Å². The number of carbonyl (C=O) groups is 1. The Balaban J connectivity index is 1.79. The molecule has 0 aliphatic carbocycles. The summed E-state index contributed by atoms with van der Waals surface area (Å²) < 4.78 is 11.4. The number of methoxy groups -OCH3 is 1. The predicted octanol–water partition coefficient (Wildman–Crippen LogP) is 1.46. The van der Waals surface area contributed by atoms with Crippen LogP contribution in [0, 0.1) is 0 Å². The molecule has 1 aliphatic heterocycles. The van der Waals surface area contributed by atoms with Gasteiger partial charge in [-0.05, 0) is 11.4 Å². The second-order valence-electron chi connectivity index (χ2n) is 4.55. The first kappa shape index (κ1) is 13.3. The van der Waals surface area contributed by atoms with E-state index in [2.05, 4.69) is 14.9 Å². The average molecular weight is 293 g/mol. The van der Waals surface area contributed by atoms with Crippen LogP contribution in [0.4, 0.5) is 5.82 Å². The van der Waals surface area contributed by atoms with Gasteiger partial charge in [0.15, 0.2) is 0 Å². The lowest BCUT2D eigenvalue weighted by Crippen LogP contribution is -2.43. The number of aromatic nitrogens is 2. The molecule has 0 bridgehead atoms. The van der Waals surface area contributed by atoms with Crippen LogP contribution in [0.15, 0.2) is 17.8 Å². The zero-order valence-corrected chi connectivity index (χ0v) is 11.9. The standard InChI is InChI=1S/C13H15N3O3S/c1-18-11(17)6-9-7-16(3-4-19-9)13-12-10(2-5-20-12)14-8-15-13/h2,5,8-9H,3-4,6-7H2,1H3. The van der Waals surface area contributed by atoms with Crippen molar-refractivity contribution in [1.29, 1.82) is 0 Å². The van der Waals surface area contributed by atoms with Crippen LogP contribution < -0.4 is 4.90 Å². The molecule has 0 amide bonds. The number of fused-ring (bicyclic) bond motifs is 1. The van der Waals surface area contributed by atoms with E-state index in [1.807, 2.05) is 11.4 Å². The molecule has 0 spiro atoms. The van der Waals surface area contributed by atoms with Gasteiger partial charge in [0.05, 0.1) is 36.5 Å². The number of morpholine rings is 1. The summed E-state index contributed by atoms with van der Waals surface area (Å²) in [5, 5.41) is 2.01. The molecule has 3 rings (SSSR count). The lowest BCUT2D eigenvalue weighted by molar-refractivity contribution is -0.144. The Kier molecular flexibility index (Phi) is 3.79. The van der Waals surface area contributed by atoms with Gasteiger partial charge < -0.3 is 14.4 Å². The number of esters is 1. The summed E-state index contributed by atoms with van der Waals surface area (Å²) in [6.45, 7) is 1.99. The highest BCUT2D eigenvalue weighted by Gasteiger charge is 2.25. The maximum Gasteiger partial charge on any atom is 0.308 e. The van der Waals surface area contributed by atoms with Crippen molar-refractivity contribution >= 4 is 33.3 Å². The maximum absolute atomic E-state index is 11.3. The molecule has 1 atom stereocenters. The van der Waals surface area contributed by atoms with E-state index in [1.165, 1.54) is 7.11 Å². The minimum absolute atomic E-state index is 0.152. The highest BCUT2D eigenvalue weighted by atomic mass is 32.1. The van der Waals surface area contributed by atoms with Crippen molar-refractivity contribution in [2.75, 3.05) is 31.7 Å². The van der Waals surface area contributed by atoms with Gasteiger partial charge in [0, 0.05) is 13.1 Å². The first-order valence-corrected chi connectivity index (χ1v) is 7.27. The molecular weight excluding hydrogens is 278 g/mol. The summed E-state index contributed by atoms with van der Waals surface area (Å²) in [6, 6.07) is 1.98. The fourth-order valence-corrected chi connectivity index (χ4v) is 3.17. The quantitative estimate of drug-likeness (QED) is 0.798.